The summed E-state index contributed by atoms with van der Waals surface area (Å²) in [6, 6.07) is 4.32. The van der Waals surface area contributed by atoms with Gasteiger partial charge in [0.15, 0.2) is 0 Å². The van der Waals surface area contributed by atoms with Crippen molar-refractivity contribution in [3.05, 3.63) is 40.7 Å². The highest BCUT2D eigenvalue weighted by Gasteiger charge is 2.03. The Labute approximate surface area is 92.3 Å². The van der Waals surface area contributed by atoms with Gasteiger partial charge in [-0.1, -0.05) is 17.7 Å². The lowest BCUT2D eigenvalue weighted by Crippen LogP contribution is -1.98. The Kier molecular flexibility index (Phi) is 4.31. The molecular weight excluding hydrogens is 219 g/mol. The number of benzene rings is 1. The first-order valence-electron chi connectivity index (χ1n) is 4.44. The molecule has 0 aliphatic heterocycles. The second kappa shape index (κ2) is 5.51. The van der Waals surface area contributed by atoms with Crippen molar-refractivity contribution in [1.29, 1.82) is 0 Å². The van der Waals surface area contributed by atoms with Gasteiger partial charge in [0.2, 0.25) is 0 Å². The molecule has 15 heavy (non-hydrogen) atoms. The van der Waals surface area contributed by atoms with Crippen molar-refractivity contribution in [3.8, 4) is 0 Å². The summed E-state index contributed by atoms with van der Waals surface area (Å²) in [5, 5.41) is 0.260. The topological polar surface area (TPSA) is 26.3 Å². The molecule has 0 atom stereocenters. The maximum absolute atomic E-state index is 13.2. The van der Waals surface area contributed by atoms with E-state index in [0.29, 0.717) is 0 Å². The molecule has 0 spiro atoms. The van der Waals surface area contributed by atoms with Gasteiger partial charge in [-0.3, -0.25) is 0 Å². The minimum Gasteiger partial charge on any atom is -0.463 e. The van der Waals surface area contributed by atoms with Gasteiger partial charge in [0.05, 0.1) is 11.6 Å². The van der Waals surface area contributed by atoms with E-state index in [1.54, 1.807) is 13.0 Å². The quantitative estimate of drug-likeness (QED) is 0.587. The third-order valence-electron chi connectivity index (χ3n) is 1.67. The van der Waals surface area contributed by atoms with E-state index in [1.807, 2.05) is 0 Å². The first-order valence-corrected chi connectivity index (χ1v) is 4.81. The summed E-state index contributed by atoms with van der Waals surface area (Å²) in [5.74, 6) is -0.986. The normalized spacial score (nSPS) is 10.6. The van der Waals surface area contributed by atoms with Gasteiger partial charge in [0.25, 0.3) is 0 Å². The van der Waals surface area contributed by atoms with E-state index in [0.717, 1.165) is 6.08 Å². The Morgan fingerprint density at radius 1 is 1.60 bits per heavy atom. The lowest BCUT2D eigenvalue weighted by Gasteiger charge is -1.99. The fraction of sp³-hybridized carbons (Fsp3) is 0.182. The van der Waals surface area contributed by atoms with Crippen LogP contribution in [0.5, 0.6) is 0 Å². The first-order chi connectivity index (χ1) is 7.15. The number of hydrogen-bond donors (Lipinski definition) is 0. The van der Waals surface area contributed by atoms with E-state index >= 15 is 0 Å². The smallest absolute Gasteiger partial charge is 0.330 e. The van der Waals surface area contributed by atoms with Crippen molar-refractivity contribution in [2.24, 2.45) is 0 Å². The highest BCUT2D eigenvalue weighted by Crippen LogP contribution is 2.20. The Balaban J connectivity index is 2.84. The summed E-state index contributed by atoms with van der Waals surface area (Å²) in [4.78, 5) is 11.0. The van der Waals surface area contributed by atoms with Gasteiger partial charge in [-0.05, 0) is 25.1 Å². The molecule has 0 amide bonds. The molecule has 0 aromatic heterocycles. The molecule has 0 fully saturated rings. The zero-order valence-corrected chi connectivity index (χ0v) is 8.92. The SMILES string of the molecule is CCOC(=O)/C=C\c1c(F)cccc1Cl. The lowest BCUT2D eigenvalue weighted by atomic mass is 10.2. The van der Waals surface area contributed by atoms with Crippen LogP contribution in [0.4, 0.5) is 4.39 Å². The van der Waals surface area contributed by atoms with E-state index in [9.17, 15) is 9.18 Å². The number of esters is 1. The average molecular weight is 229 g/mol. The van der Waals surface area contributed by atoms with Gasteiger partial charge in [0, 0.05) is 11.6 Å². The molecule has 0 unspecified atom stereocenters. The van der Waals surface area contributed by atoms with Gasteiger partial charge in [-0.25, -0.2) is 9.18 Å². The number of ether oxygens (including phenoxy) is 1. The third kappa shape index (κ3) is 3.36. The standard InChI is InChI=1S/C11H10ClFO2/c1-2-15-11(14)7-6-8-9(12)4-3-5-10(8)13/h3-7H,2H2,1H3/b7-6-. The maximum atomic E-state index is 13.2. The Bertz CT molecular complexity index is 368. The second-order valence-corrected chi connectivity index (χ2v) is 3.13. The molecule has 4 heteroatoms. The molecule has 0 heterocycles. The summed E-state index contributed by atoms with van der Waals surface area (Å²) in [5.41, 5.74) is 0.187. The van der Waals surface area contributed by atoms with Crippen LogP contribution in [-0.2, 0) is 9.53 Å². The zero-order chi connectivity index (χ0) is 11.3. The number of halogens is 2. The molecule has 1 aromatic carbocycles. The van der Waals surface area contributed by atoms with E-state index in [4.69, 9.17) is 11.6 Å². The molecule has 0 N–H and O–H groups in total. The van der Waals surface area contributed by atoms with E-state index in [1.165, 1.54) is 18.2 Å². The molecular formula is C11H10ClFO2. The number of rotatable bonds is 3. The largest absolute Gasteiger partial charge is 0.463 e. The minimum absolute atomic E-state index is 0.187. The number of carbonyl (C=O) groups is 1. The van der Waals surface area contributed by atoms with Gasteiger partial charge >= 0.3 is 5.97 Å². The van der Waals surface area contributed by atoms with Crippen LogP contribution in [-0.4, -0.2) is 12.6 Å². The van der Waals surface area contributed by atoms with Crippen molar-refractivity contribution >= 4 is 23.6 Å². The second-order valence-electron chi connectivity index (χ2n) is 2.72. The fourth-order valence-corrected chi connectivity index (χ4v) is 1.24. The van der Waals surface area contributed by atoms with Crippen molar-refractivity contribution in [2.45, 2.75) is 6.92 Å². The molecule has 2 nitrogen and oxygen atoms in total. The predicted octanol–water partition coefficient (Wildman–Crippen LogP) is 3.06. The van der Waals surface area contributed by atoms with Gasteiger partial charge in [-0.2, -0.15) is 0 Å². The Hall–Kier alpha value is -1.35. The maximum Gasteiger partial charge on any atom is 0.330 e. The first kappa shape index (κ1) is 11.7. The molecule has 1 aromatic rings. The van der Waals surface area contributed by atoms with E-state index < -0.39 is 11.8 Å². The average Bonchev–Trinajstić information content (AvgIpc) is 2.17. The molecule has 0 radical (unpaired) electrons. The van der Waals surface area contributed by atoms with Gasteiger partial charge in [0.1, 0.15) is 5.82 Å². The molecule has 1 rings (SSSR count). The number of carbonyl (C=O) groups excluding carboxylic acids is 1. The lowest BCUT2D eigenvalue weighted by molar-refractivity contribution is -0.137. The Morgan fingerprint density at radius 3 is 2.93 bits per heavy atom. The monoisotopic (exact) mass is 228 g/mol. The highest BCUT2D eigenvalue weighted by molar-refractivity contribution is 6.32. The van der Waals surface area contributed by atoms with Crippen molar-refractivity contribution < 1.29 is 13.9 Å². The van der Waals surface area contributed by atoms with Gasteiger partial charge < -0.3 is 4.74 Å². The van der Waals surface area contributed by atoms with Crippen LogP contribution in [0.25, 0.3) is 6.08 Å². The predicted molar refractivity (Wildman–Crippen MR) is 57.1 cm³/mol. The molecule has 80 valence electrons. The summed E-state index contributed by atoms with van der Waals surface area (Å²) in [7, 11) is 0. The van der Waals surface area contributed by atoms with Crippen LogP contribution >= 0.6 is 11.6 Å². The van der Waals surface area contributed by atoms with Crippen molar-refractivity contribution in [1.82, 2.24) is 0 Å². The molecule has 0 bridgehead atoms. The molecule has 0 aliphatic rings. The third-order valence-corrected chi connectivity index (χ3v) is 2.00. The van der Waals surface area contributed by atoms with Crippen LogP contribution in [0.15, 0.2) is 24.3 Å². The van der Waals surface area contributed by atoms with Crippen LogP contribution < -0.4 is 0 Å². The molecule has 0 saturated heterocycles. The Morgan fingerprint density at radius 2 is 2.33 bits per heavy atom. The number of hydrogen-bond acceptors (Lipinski definition) is 2. The molecule has 0 saturated carbocycles. The molecule has 0 aliphatic carbocycles. The fourth-order valence-electron chi connectivity index (χ4n) is 1.01. The minimum atomic E-state index is -0.517. The van der Waals surface area contributed by atoms with E-state index in [-0.39, 0.29) is 17.2 Å². The zero-order valence-electron chi connectivity index (χ0n) is 8.17. The summed E-state index contributed by atoms with van der Waals surface area (Å²) in [6.45, 7) is 1.98. The summed E-state index contributed by atoms with van der Waals surface area (Å²) in [6.07, 6.45) is 2.45. The van der Waals surface area contributed by atoms with Crippen LogP contribution in [0.3, 0.4) is 0 Å². The summed E-state index contributed by atoms with van der Waals surface area (Å²) >= 11 is 5.75. The highest BCUT2D eigenvalue weighted by atomic mass is 35.5. The van der Waals surface area contributed by atoms with Gasteiger partial charge in [-0.15, -0.1) is 0 Å². The van der Waals surface area contributed by atoms with Crippen LogP contribution in [0, 0.1) is 5.82 Å². The van der Waals surface area contributed by atoms with Crippen LogP contribution in [0.2, 0.25) is 5.02 Å². The van der Waals surface area contributed by atoms with Crippen molar-refractivity contribution in [2.75, 3.05) is 6.61 Å². The van der Waals surface area contributed by atoms with Crippen LogP contribution in [0.1, 0.15) is 12.5 Å². The van der Waals surface area contributed by atoms with Crippen molar-refractivity contribution in [3.63, 3.8) is 0 Å². The van der Waals surface area contributed by atoms with E-state index in [2.05, 4.69) is 4.74 Å². The summed E-state index contributed by atoms with van der Waals surface area (Å²) < 4.78 is 17.9.